The van der Waals surface area contributed by atoms with Gasteiger partial charge in [-0.3, -0.25) is 0 Å². The molecule has 17 heavy (non-hydrogen) atoms. The van der Waals surface area contributed by atoms with Crippen molar-refractivity contribution in [3.8, 4) is 0 Å². The van der Waals surface area contributed by atoms with Crippen molar-refractivity contribution in [3.05, 3.63) is 46.3 Å². The van der Waals surface area contributed by atoms with Crippen LogP contribution >= 0.6 is 11.3 Å². The number of aromatic carboxylic acids is 1. The molecule has 2 aromatic heterocycles. The summed E-state index contributed by atoms with van der Waals surface area (Å²) in [6.45, 7) is 0.788. The van der Waals surface area contributed by atoms with Crippen LogP contribution in [0.1, 0.15) is 15.9 Å². The molecule has 88 valence electrons. The van der Waals surface area contributed by atoms with Gasteiger partial charge in [0.25, 0.3) is 0 Å². The number of anilines is 1. The van der Waals surface area contributed by atoms with Crippen LogP contribution in [0.5, 0.6) is 0 Å². The topological polar surface area (TPSA) is 62.2 Å². The second-order valence-electron chi connectivity index (χ2n) is 3.55. The van der Waals surface area contributed by atoms with E-state index in [2.05, 4.69) is 27.1 Å². The molecule has 0 fully saturated rings. The van der Waals surface area contributed by atoms with E-state index in [1.165, 1.54) is 11.8 Å². The minimum Gasteiger partial charge on any atom is -0.478 e. The van der Waals surface area contributed by atoms with E-state index in [1.807, 2.05) is 0 Å². The van der Waals surface area contributed by atoms with Crippen molar-refractivity contribution in [2.24, 2.45) is 0 Å². The van der Waals surface area contributed by atoms with Gasteiger partial charge in [0.15, 0.2) is 0 Å². The summed E-state index contributed by atoms with van der Waals surface area (Å²) in [5, 5.41) is 16.0. The zero-order valence-corrected chi connectivity index (χ0v) is 9.91. The first-order chi connectivity index (χ1) is 8.25. The van der Waals surface area contributed by atoms with Gasteiger partial charge in [0, 0.05) is 12.7 Å². The van der Waals surface area contributed by atoms with E-state index in [0.717, 1.165) is 13.0 Å². The second kappa shape index (κ2) is 5.45. The van der Waals surface area contributed by atoms with Gasteiger partial charge in [-0.1, -0.05) is 0 Å². The minimum atomic E-state index is -0.956. The van der Waals surface area contributed by atoms with Crippen molar-refractivity contribution >= 4 is 23.1 Å². The van der Waals surface area contributed by atoms with Crippen LogP contribution in [0.25, 0.3) is 0 Å². The van der Waals surface area contributed by atoms with Gasteiger partial charge in [-0.05, 0) is 40.9 Å². The predicted octanol–water partition coefficient (Wildman–Crippen LogP) is 2.50. The Morgan fingerprint density at radius 2 is 2.29 bits per heavy atom. The van der Waals surface area contributed by atoms with Crippen LogP contribution in [-0.4, -0.2) is 22.6 Å². The van der Waals surface area contributed by atoms with Crippen molar-refractivity contribution in [2.45, 2.75) is 6.42 Å². The Kier molecular flexibility index (Phi) is 3.72. The lowest BCUT2D eigenvalue weighted by Crippen LogP contribution is -2.06. The average Bonchev–Trinajstić information content (AvgIpc) is 2.83. The predicted molar refractivity (Wildman–Crippen MR) is 67.7 cm³/mol. The number of pyridine rings is 1. The van der Waals surface area contributed by atoms with Crippen LogP contribution in [0.15, 0.2) is 35.2 Å². The SMILES string of the molecule is O=C(O)c1ccc(NCCc2ccsc2)nc1. The molecule has 0 atom stereocenters. The number of thiophene rings is 1. The first kappa shape index (κ1) is 11.6. The van der Waals surface area contributed by atoms with Crippen LogP contribution in [0, 0.1) is 0 Å². The summed E-state index contributed by atoms with van der Waals surface area (Å²) in [4.78, 5) is 14.7. The molecule has 0 unspecified atom stereocenters. The van der Waals surface area contributed by atoms with E-state index in [9.17, 15) is 4.79 Å². The Hall–Kier alpha value is -1.88. The molecule has 4 nitrogen and oxygen atoms in total. The molecule has 2 N–H and O–H groups in total. The standard InChI is InChI=1S/C12H12N2O2S/c15-12(16)10-1-2-11(14-7-10)13-5-3-9-4-6-17-8-9/h1-2,4,6-8H,3,5H2,(H,13,14)(H,15,16). The fourth-order valence-electron chi connectivity index (χ4n) is 1.39. The summed E-state index contributed by atoms with van der Waals surface area (Å²) in [5.74, 6) is -0.257. The van der Waals surface area contributed by atoms with Crippen molar-refractivity contribution < 1.29 is 9.90 Å². The van der Waals surface area contributed by atoms with E-state index in [4.69, 9.17) is 5.11 Å². The Morgan fingerprint density at radius 1 is 1.41 bits per heavy atom. The number of hydrogen-bond acceptors (Lipinski definition) is 4. The summed E-state index contributed by atoms with van der Waals surface area (Å²) < 4.78 is 0. The zero-order chi connectivity index (χ0) is 12.1. The van der Waals surface area contributed by atoms with Crippen molar-refractivity contribution in [3.63, 3.8) is 0 Å². The molecular formula is C12H12N2O2S. The number of rotatable bonds is 5. The number of nitrogens with one attached hydrogen (secondary N) is 1. The van der Waals surface area contributed by atoms with E-state index in [-0.39, 0.29) is 5.56 Å². The van der Waals surface area contributed by atoms with Gasteiger partial charge >= 0.3 is 5.97 Å². The van der Waals surface area contributed by atoms with Gasteiger partial charge in [0.2, 0.25) is 0 Å². The van der Waals surface area contributed by atoms with Crippen LogP contribution < -0.4 is 5.32 Å². The summed E-state index contributed by atoms with van der Waals surface area (Å²) in [7, 11) is 0. The fourth-order valence-corrected chi connectivity index (χ4v) is 2.10. The molecule has 0 amide bonds. The third kappa shape index (κ3) is 3.29. The third-order valence-corrected chi connectivity index (χ3v) is 3.04. The van der Waals surface area contributed by atoms with Gasteiger partial charge in [0.05, 0.1) is 5.56 Å². The molecule has 2 rings (SSSR count). The van der Waals surface area contributed by atoms with Crippen molar-refractivity contribution in [1.82, 2.24) is 4.98 Å². The molecule has 2 heterocycles. The Labute approximate surface area is 103 Å². The van der Waals surface area contributed by atoms with Crippen LogP contribution in [0.4, 0.5) is 5.82 Å². The lowest BCUT2D eigenvalue weighted by Gasteiger charge is -2.04. The highest BCUT2D eigenvalue weighted by Crippen LogP contribution is 2.08. The maximum Gasteiger partial charge on any atom is 0.337 e. The first-order valence-electron chi connectivity index (χ1n) is 5.20. The Bertz CT molecular complexity index is 480. The molecule has 0 aliphatic heterocycles. The second-order valence-corrected chi connectivity index (χ2v) is 4.33. The number of aromatic nitrogens is 1. The molecule has 0 aliphatic rings. The number of carboxylic acid groups (broad SMARTS) is 1. The summed E-state index contributed by atoms with van der Waals surface area (Å²) in [6.07, 6.45) is 2.29. The lowest BCUT2D eigenvalue weighted by atomic mass is 10.2. The molecule has 2 aromatic rings. The number of carboxylic acids is 1. The van der Waals surface area contributed by atoms with E-state index in [0.29, 0.717) is 5.82 Å². The van der Waals surface area contributed by atoms with Crippen molar-refractivity contribution in [1.29, 1.82) is 0 Å². The van der Waals surface area contributed by atoms with Crippen LogP contribution in [-0.2, 0) is 6.42 Å². The average molecular weight is 248 g/mol. The van der Waals surface area contributed by atoms with E-state index >= 15 is 0 Å². The van der Waals surface area contributed by atoms with Crippen LogP contribution in [0.3, 0.4) is 0 Å². The van der Waals surface area contributed by atoms with E-state index in [1.54, 1.807) is 23.5 Å². The van der Waals surface area contributed by atoms with Gasteiger partial charge in [0.1, 0.15) is 5.82 Å². The first-order valence-corrected chi connectivity index (χ1v) is 6.14. The third-order valence-electron chi connectivity index (χ3n) is 2.31. The summed E-state index contributed by atoms with van der Waals surface area (Å²) in [5.41, 5.74) is 1.50. The Balaban J connectivity index is 1.85. The highest BCUT2D eigenvalue weighted by atomic mass is 32.1. The molecule has 5 heteroatoms. The molecule has 0 saturated carbocycles. The van der Waals surface area contributed by atoms with Crippen LogP contribution in [0.2, 0.25) is 0 Å². The highest BCUT2D eigenvalue weighted by molar-refractivity contribution is 7.07. The smallest absolute Gasteiger partial charge is 0.337 e. The minimum absolute atomic E-state index is 0.202. The number of carbonyl (C=O) groups is 1. The van der Waals surface area contributed by atoms with E-state index < -0.39 is 5.97 Å². The maximum absolute atomic E-state index is 10.6. The molecule has 0 saturated heterocycles. The summed E-state index contributed by atoms with van der Waals surface area (Å²) in [6, 6.07) is 5.31. The molecular weight excluding hydrogens is 236 g/mol. The largest absolute Gasteiger partial charge is 0.478 e. The lowest BCUT2D eigenvalue weighted by molar-refractivity contribution is 0.0696. The summed E-state index contributed by atoms with van der Waals surface area (Å²) >= 11 is 1.68. The van der Waals surface area contributed by atoms with Gasteiger partial charge in [-0.15, -0.1) is 0 Å². The van der Waals surface area contributed by atoms with Gasteiger partial charge in [-0.25, -0.2) is 9.78 Å². The quantitative estimate of drug-likeness (QED) is 0.853. The Morgan fingerprint density at radius 3 is 2.88 bits per heavy atom. The zero-order valence-electron chi connectivity index (χ0n) is 9.09. The molecule has 0 aromatic carbocycles. The molecule has 0 bridgehead atoms. The van der Waals surface area contributed by atoms with Gasteiger partial charge < -0.3 is 10.4 Å². The highest BCUT2D eigenvalue weighted by Gasteiger charge is 2.02. The number of nitrogens with zero attached hydrogens (tertiary/aromatic N) is 1. The van der Waals surface area contributed by atoms with Gasteiger partial charge in [-0.2, -0.15) is 11.3 Å². The maximum atomic E-state index is 10.6. The molecule has 0 radical (unpaired) electrons. The molecule has 0 spiro atoms. The number of hydrogen-bond donors (Lipinski definition) is 2. The normalized spacial score (nSPS) is 10.1. The fraction of sp³-hybridized carbons (Fsp3) is 0.167. The van der Waals surface area contributed by atoms with Crippen molar-refractivity contribution in [2.75, 3.05) is 11.9 Å². The monoisotopic (exact) mass is 248 g/mol. The molecule has 0 aliphatic carbocycles.